The first-order valence-electron chi connectivity index (χ1n) is 13.9. The summed E-state index contributed by atoms with van der Waals surface area (Å²) in [6, 6.07) is 6.20. The van der Waals surface area contributed by atoms with Crippen LogP contribution in [0, 0.1) is 0 Å². The van der Waals surface area contributed by atoms with Crippen molar-refractivity contribution in [2.24, 2.45) is 0 Å². The fourth-order valence-electron chi connectivity index (χ4n) is 5.31. The van der Waals surface area contributed by atoms with Gasteiger partial charge in [-0.3, -0.25) is 14.4 Å². The maximum atomic E-state index is 13.7. The van der Waals surface area contributed by atoms with E-state index in [2.05, 4.69) is 15.6 Å². The third-order valence-corrected chi connectivity index (χ3v) is 7.45. The van der Waals surface area contributed by atoms with Gasteiger partial charge < -0.3 is 25.0 Å². The average Bonchev–Trinajstić information content (AvgIpc) is 3.35. The summed E-state index contributed by atoms with van der Waals surface area (Å²) in [7, 11) is 1.42. The summed E-state index contributed by atoms with van der Waals surface area (Å²) in [4.78, 5) is 57.9. The normalized spacial score (nSPS) is 19.0. The molecule has 0 unspecified atom stereocenters. The van der Waals surface area contributed by atoms with E-state index in [4.69, 9.17) is 21.1 Å². The second-order valence-corrected chi connectivity index (χ2v) is 11.9. The third-order valence-electron chi connectivity index (χ3n) is 7.22. The van der Waals surface area contributed by atoms with Crippen molar-refractivity contribution in [2.45, 2.75) is 83.4 Å². The van der Waals surface area contributed by atoms with Crippen LogP contribution in [0.4, 0.5) is 5.82 Å². The molecule has 41 heavy (non-hydrogen) atoms. The number of hydrogen-bond donors (Lipinski definition) is 2. The molecule has 3 amide bonds. The number of pyridine rings is 1. The van der Waals surface area contributed by atoms with Crippen LogP contribution in [-0.2, 0) is 20.7 Å². The molecule has 2 aliphatic rings. The Morgan fingerprint density at radius 3 is 2.44 bits per heavy atom. The van der Waals surface area contributed by atoms with E-state index in [1.54, 1.807) is 32.9 Å². The predicted molar refractivity (Wildman–Crippen MR) is 154 cm³/mol. The number of benzene rings is 1. The van der Waals surface area contributed by atoms with Crippen LogP contribution < -0.4 is 15.4 Å². The van der Waals surface area contributed by atoms with E-state index in [-0.39, 0.29) is 41.3 Å². The molecule has 0 bridgehead atoms. The van der Waals surface area contributed by atoms with Gasteiger partial charge in [-0.2, -0.15) is 0 Å². The van der Waals surface area contributed by atoms with Crippen molar-refractivity contribution in [3.05, 3.63) is 52.2 Å². The minimum atomic E-state index is -0.744. The van der Waals surface area contributed by atoms with Crippen LogP contribution in [0.25, 0.3) is 0 Å². The minimum Gasteiger partial charge on any atom is -0.496 e. The van der Waals surface area contributed by atoms with Gasteiger partial charge in [0.15, 0.2) is 0 Å². The smallest absolute Gasteiger partial charge is 0.338 e. The van der Waals surface area contributed by atoms with Crippen LogP contribution in [0.15, 0.2) is 30.5 Å². The van der Waals surface area contributed by atoms with Crippen LogP contribution in [0.1, 0.15) is 85.6 Å². The van der Waals surface area contributed by atoms with Crippen molar-refractivity contribution >= 4 is 41.1 Å². The number of anilines is 1. The van der Waals surface area contributed by atoms with E-state index in [0.717, 1.165) is 38.6 Å². The van der Waals surface area contributed by atoms with Crippen molar-refractivity contribution in [3.8, 4) is 5.75 Å². The molecular weight excluding hydrogens is 548 g/mol. The number of likely N-dealkylation sites (tertiary alicyclic amines) is 1. The molecule has 4 rings (SSSR count). The van der Waals surface area contributed by atoms with Gasteiger partial charge in [0, 0.05) is 42.4 Å². The number of esters is 1. The number of carbonyl (C=O) groups is 4. The summed E-state index contributed by atoms with van der Waals surface area (Å²) in [5.41, 5.74) is -0.116. The molecule has 1 aliphatic heterocycles. The van der Waals surface area contributed by atoms with Crippen molar-refractivity contribution < 1.29 is 28.7 Å². The summed E-state index contributed by atoms with van der Waals surface area (Å²) in [6.45, 7) is 6.07. The standard InChI is InChI=1S/C30H37ClN4O6/c1-30(2,3)41-29(39)18-14-23(28(38)33-20-8-10-21(11-9-20)35-13-5-6-27(35)37)22(24(15-18)40-4)16-26(36)34-25-12-7-19(31)17-32-25/h7,12,14-15,17,20-21H,5-6,8-11,13,16H2,1-4H3,(H,33,38)(H,32,34,36). The zero-order chi connectivity index (χ0) is 29.7. The van der Waals surface area contributed by atoms with Crippen molar-refractivity contribution in [1.82, 2.24) is 15.2 Å². The lowest BCUT2D eigenvalue weighted by Gasteiger charge is -2.35. The Morgan fingerprint density at radius 2 is 1.85 bits per heavy atom. The van der Waals surface area contributed by atoms with E-state index in [1.807, 2.05) is 4.90 Å². The van der Waals surface area contributed by atoms with Crippen molar-refractivity contribution in [3.63, 3.8) is 0 Å². The van der Waals surface area contributed by atoms with Gasteiger partial charge in [0.25, 0.3) is 5.91 Å². The fourth-order valence-corrected chi connectivity index (χ4v) is 5.43. The summed E-state index contributed by atoms with van der Waals surface area (Å²) in [6.07, 6.45) is 5.78. The summed E-state index contributed by atoms with van der Waals surface area (Å²) in [5.74, 6) is -0.714. The molecule has 2 fully saturated rings. The first kappa shape index (κ1) is 30.3. The highest BCUT2D eigenvalue weighted by atomic mass is 35.5. The quantitative estimate of drug-likeness (QED) is 0.436. The topological polar surface area (TPSA) is 127 Å². The third kappa shape index (κ3) is 7.97. The molecular formula is C30H37ClN4O6. The molecule has 220 valence electrons. The first-order valence-corrected chi connectivity index (χ1v) is 14.3. The Balaban J connectivity index is 1.56. The van der Waals surface area contributed by atoms with E-state index in [9.17, 15) is 19.2 Å². The van der Waals surface area contributed by atoms with Gasteiger partial charge in [-0.1, -0.05) is 11.6 Å². The highest BCUT2D eigenvalue weighted by molar-refractivity contribution is 6.30. The molecule has 1 aromatic heterocycles. The molecule has 1 saturated heterocycles. The second kappa shape index (κ2) is 12.9. The lowest BCUT2D eigenvalue weighted by Crippen LogP contribution is -2.44. The molecule has 11 heteroatoms. The van der Waals surface area contributed by atoms with E-state index in [1.165, 1.54) is 25.4 Å². The van der Waals surface area contributed by atoms with Gasteiger partial charge in [0.1, 0.15) is 17.2 Å². The average molecular weight is 585 g/mol. The molecule has 0 radical (unpaired) electrons. The van der Waals surface area contributed by atoms with Gasteiger partial charge in [0.2, 0.25) is 11.8 Å². The van der Waals surface area contributed by atoms with Gasteiger partial charge in [-0.05, 0) is 77.1 Å². The minimum absolute atomic E-state index is 0.104. The van der Waals surface area contributed by atoms with Crippen LogP contribution in [0.5, 0.6) is 5.75 Å². The number of ether oxygens (including phenoxy) is 2. The first-order chi connectivity index (χ1) is 19.4. The molecule has 1 aromatic carbocycles. The van der Waals surface area contributed by atoms with Crippen molar-refractivity contribution in [1.29, 1.82) is 0 Å². The number of hydrogen-bond acceptors (Lipinski definition) is 7. The van der Waals surface area contributed by atoms with E-state index >= 15 is 0 Å². The molecule has 2 aromatic rings. The Bertz CT molecular complexity index is 1300. The number of halogens is 1. The van der Waals surface area contributed by atoms with Gasteiger partial charge in [-0.15, -0.1) is 0 Å². The van der Waals surface area contributed by atoms with E-state index < -0.39 is 23.4 Å². The molecule has 2 heterocycles. The van der Waals surface area contributed by atoms with Gasteiger partial charge >= 0.3 is 5.97 Å². The Labute approximate surface area is 245 Å². The number of amides is 3. The van der Waals surface area contributed by atoms with Crippen LogP contribution in [-0.4, -0.2) is 64.9 Å². The Hall–Kier alpha value is -3.66. The maximum absolute atomic E-state index is 13.7. The fraction of sp³-hybridized carbons (Fsp3) is 0.500. The second-order valence-electron chi connectivity index (χ2n) is 11.5. The largest absolute Gasteiger partial charge is 0.496 e. The monoisotopic (exact) mass is 584 g/mol. The highest BCUT2D eigenvalue weighted by Gasteiger charge is 2.32. The Morgan fingerprint density at radius 1 is 1.12 bits per heavy atom. The summed E-state index contributed by atoms with van der Waals surface area (Å²) >= 11 is 5.89. The lowest BCUT2D eigenvalue weighted by molar-refractivity contribution is -0.130. The van der Waals surface area contributed by atoms with Crippen LogP contribution >= 0.6 is 11.6 Å². The number of nitrogens with one attached hydrogen (secondary N) is 2. The number of methoxy groups -OCH3 is 1. The summed E-state index contributed by atoms with van der Waals surface area (Å²) in [5, 5.41) is 6.22. The highest BCUT2D eigenvalue weighted by Crippen LogP contribution is 2.30. The number of nitrogens with zero attached hydrogens (tertiary/aromatic N) is 2. The zero-order valence-electron chi connectivity index (χ0n) is 23.9. The zero-order valence-corrected chi connectivity index (χ0v) is 24.7. The number of carbonyl (C=O) groups excluding carboxylic acids is 4. The lowest BCUT2D eigenvalue weighted by atomic mass is 9.89. The van der Waals surface area contributed by atoms with Crippen LogP contribution in [0.2, 0.25) is 5.02 Å². The number of aromatic nitrogens is 1. The molecule has 1 aliphatic carbocycles. The number of rotatable bonds is 8. The molecule has 10 nitrogen and oxygen atoms in total. The van der Waals surface area contributed by atoms with E-state index in [0.29, 0.717) is 22.8 Å². The molecule has 0 spiro atoms. The maximum Gasteiger partial charge on any atom is 0.338 e. The van der Waals surface area contributed by atoms with Crippen molar-refractivity contribution in [2.75, 3.05) is 19.0 Å². The molecule has 2 N–H and O–H groups in total. The van der Waals surface area contributed by atoms with Gasteiger partial charge in [-0.25, -0.2) is 9.78 Å². The SMILES string of the molecule is COc1cc(C(=O)OC(C)(C)C)cc(C(=O)NC2CCC(N3CCCC3=O)CC2)c1CC(=O)Nc1ccc(Cl)cn1. The van der Waals surface area contributed by atoms with Gasteiger partial charge in [0.05, 0.1) is 24.1 Å². The van der Waals surface area contributed by atoms with Crippen LogP contribution in [0.3, 0.4) is 0 Å². The molecule has 0 atom stereocenters. The Kier molecular flexibility index (Phi) is 9.53. The predicted octanol–water partition coefficient (Wildman–Crippen LogP) is 4.54. The molecule has 1 saturated carbocycles. The summed E-state index contributed by atoms with van der Waals surface area (Å²) < 4.78 is 11.1.